The molecule has 0 aromatic rings. The molecule has 0 heterocycles. The zero-order chi connectivity index (χ0) is 15.7. The molecular formula is C13H25N3O4. The van der Waals surface area contributed by atoms with E-state index in [1.54, 1.807) is 0 Å². The number of hydrogen-bond donors (Lipinski definition) is 4. The Hall–Kier alpha value is -1.63. The van der Waals surface area contributed by atoms with Gasteiger partial charge in [-0.2, -0.15) is 0 Å². The van der Waals surface area contributed by atoms with E-state index in [9.17, 15) is 14.4 Å². The van der Waals surface area contributed by atoms with Crippen molar-refractivity contribution < 1.29 is 19.5 Å². The summed E-state index contributed by atoms with van der Waals surface area (Å²) in [4.78, 5) is 33.5. The fourth-order valence-corrected chi connectivity index (χ4v) is 1.99. The van der Waals surface area contributed by atoms with E-state index < -0.39 is 17.9 Å². The van der Waals surface area contributed by atoms with Crippen LogP contribution in [0.5, 0.6) is 0 Å². The number of nitrogens with one attached hydrogen (secondary N) is 1. The maximum Gasteiger partial charge on any atom is 0.326 e. The number of hydrogen-bond acceptors (Lipinski definition) is 4. The molecule has 7 nitrogen and oxygen atoms in total. The van der Waals surface area contributed by atoms with Gasteiger partial charge >= 0.3 is 5.97 Å². The van der Waals surface area contributed by atoms with Crippen LogP contribution < -0.4 is 16.8 Å². The number of carboxylic acids is 1. The maximum atomic E-state index is 11.8. The average Bonchev–Trinajstić information content (AvgIpc) is 2.32. The fourth-order valence-electron chi connectivity index (χ4n) is 1.99. The Morgan fingerprint density at radius 1 is 1.25 bits per heavy atom. The molecule has 2 amide bonds. The van der Waals surface area contributed by atoms with E-state index in [0.717, 1.165) is 6.42 Å². The van der Waals surface area contributed by atoms with Crippen LogP contribution in [0.3, 0.4) is 0 Å². The highest BCUT2D eigenvalue weighted by atomic mass is 16.4. The van der Waals surface area contributed by atoms with Gasteiger partial charge in [0, 0.05) is 12.8 Å². The third-order valence-electron chi connectivity index (χ3n) is 2.92. The Kier molecular flexibility index (Phi) is 8.54. The van der Waals surface area contributed by atoms with Crippen molar-refractivity contribution >= 4 is 17.8 Å². The van der Waals surface area contributed by atoms with Gasteiger partial charge in [0.15, 0.2) is 0 Å². The normalized spacial score (nSPS) is 13.8. The molecular weight excluding hydrogens is 262 g/mol. The summed E-state index contributed by atoms with van der Waals surface area (Å²) < 4.78 is 0. The van der Waals surface area contributed by atoms with Crippen molar-refractivity contribution in [3.8, 4) is 0 Å². The summed E-state index contributed by atoms with van der Waals surface area (Å²) in [6, 6.07) is -1.09. The van der Waals surface area contributed by atoms with Gasteiger partial charge in [0.2, 0.25) is 11.8 Å². The number of primary amides is 1. The lowest BCUT2D eigenvalue weighted by atomic mass is 9.94. The number of aliphatic carboxylic acids is 1. The molecule has 0 aliphatic carbocycles. The molecule has 0 aromatic carbocycles. The van der Waals surface area contributed by atoms with Crippen LogP contribution in [0.4, 0.5) is 0 Å². The third-order valence-corrected chi connectivity index (χ3v) is 2.92. The summed E-state index contributed by atoms with van der Waals surface area (Å²) in [5, 5.41) is 11.4. The van der Waals surface area contributed by atoms with Crippen molar-refractivity contribution in [1.29, 1.82) is 0 Å². The van der Waals surface area contributed by atoms with Gasteiger partial charge in [-0.15, -0.1) is 0 Å². The minimum atomic E-state index is -1.17. The van der Waals surface area contributed by atoms with Gasteiger partial charge in [-0.1, -0.05) is 13.8 Å². The van der Waals surface area contributed by atoms with Crippen LogP contribution >= 0.6 is 0 Å². The monoisotopic (exact) mass is 287 g/mol. The van der Waals surface area contributed by atoms with Gasteiger partial charge in [0.25, 0.3) is 0 Å². The molecule has 0 spiro atoms. The van der Waals surface area contributed by atoms with E-state index in [1.165, 1.54) is 0 Å². The Balaban J connectivity index is 4.37. The Morgan fingerprint density at radius 3 is 2.25 bits per heavy atom. The van der Waals surface area contributed by atoms with Crippen LogP contribution in [0.2, 0.25) is 0 Å². The number of carboxylic acid groups (broad SMARTS) is 1. The zero-order valence-corrected chi connectivity index (χ0v) is 12.1. The van der Waals surface area contributed by atoms with Crippen LogP contribution in [0.15, 0.2) is 0 Å². The lowest BCUT2D eigenvalue weighted by Gasteiger charge is -2.19. The first kappa shape index (κ1) is 18.4. The van der Waals surface area contributed by atoms with Crippen LogP contribution in [-0.4, -0.2) is 35.5 Å². The number of rotatable bonds is 10. The summed E-state index contributed by atoms with van der Waals surface area (Å²) in [5.74, 6) is -1.68. The van der Waals surface area contributed by atoms with Crippen molar-refractivity contribution in [3.05, 3.63) is 0 Å². The third kappa shape index (κ3) is 8.47. The standard InChI is InChI=1S/C13H25N3O4/c1-8(2)5-9(7-14)6-12(18)16-10(13(19)20)3-4-11(15)17/h8-10H,3-7,14H2,1-2H3,(H2,15,17)(H,16,18)(H,19,20)/t9?,10-/m0/s1. The van der Waals surface area contributed by atoms with Crippen molar-refractivity contribution in [2.24, 2.45) is 23.3 Å². The molecule has 0 radical (unpaired) electrons. The first-order chi connectivity index (χ1) is 9.26. The van der Waals surface area contributed by atoms with E-state index in [-0.39, 0.29) is 31.1 Å². The van der Waals surface area contributed by atoms with E-state index >= 15 is 0 Å². The highest BCUT2D eigenvalue weighted by Gasteiger charge is 2.22. The topological polar surface area (TPSA) is 136 Å². The molecule has 20 heavy (non-hydrogen) atoms. The van der Waals surface area contributed by atoms with Gasteiger partial charge in [0.05, 0.1) is 0 Å². The largest absolute Gasteiger partial charge is 0.480 e. The van der Waals surface area contributed by atoms with Crippen LogP contribution in [0.25, 0.3) is 0 Å². The van der Waals surface area contributed by atoms with E-state index in [4.69, 9.17) is 16.6 Å². The van der Waals surface area contributed by atoms with Gasteiger partial charge in [0.1, 0.15) is 6.04 Å². The first-order valence-electron chi connectivity index (χ1n) is 6.76. The van der Waals surface area contributed by atoms with Gasteiger partial charge < -0.3 is 21.9 Å². The van der Waals surface area contributed by atoms with Crippen molar-refractivity contribution in [3.63, 3.8) is 0 Å². The number of nitrogens with two attached hydrogens (primary N) is 2. The maximum absolute atomic E-state index is 11.8. The minimum absolute atomic E-state index is 0.00607. The Morgan fingerprint density at radius 2 is 1.85 bits per heavy atom. The summed E-state index contributed by atoms with van der Waals surface area (Å²) in [6.07, 6.45) is 0.912. The van der Waals surface area contributed by atoms with E-state index in [0.29, 0.717) is 12.5 Å². The molecule has 0 aromatic heterocycles. The number of carbonyl (C=O) groups excluding carboxylic acids is 2. The van der Waals surface area contributed by atoms with Crippen LogP contribution in [-0.2, 0) is 14.4 Å². The summed E-state index contributed by atoms with van der Waals surface area (Å²) in [7, 11) is 0. The Labute approximate surface area is 119 Å². The summed E-state index contributed by atoms with van der Waals surface area (Å²) in [6.45, 7) is 4.45. The number of amides is 2. The van der Waals surface area contributed by atoms with Gasteiger partial charge in [-0.25, -0.2) is 4.79 Å². The van der Waals surface area contributed by atoms with E-state index in [2.05, 4.69) is 5.32 Å². The fraction of sp³-hybridized carbons (Fsp3) is 0.769. The van der Waals surface area contributed by atoms with Crippen molar-refractivity contribution in [1.82, 2.24) is 5.32 Å². The van der Waals surface area contributed by atoms with Gasteiger partial charge in [-0.3, -0.25) is 9.59 Å². The lowest BCUT2D eigenvalue weighted by Crippen LogP contribution is -2.42. The lowest BCUT2D eigenvalue weighted by molar-refractivity contribution is -0.142. The average molecular weight is 287 g/mol. The first-order valence-corrected chi connectivity index (χ1v) is 6.76. The molecule has 1 unspecified atom stereocenters. The van der Waals surface area contributed by atoms with Crippen LogP contribution in [0.1, 0.15) is 39.5 Å². The second kappa shape index (κ2) is 9.30. The SMILES string of the molecule is CC(C)CC(CN)CC(=O)N[C@@H](CCC(N)=O)C(=O)O. The number of carbonyl (C=O) groups is 3. The molecule has 0 rings (SSSR count). The summed E-state index contributed by atoms with van der Waals surface area (Å²) >= 11 is 0. The molecule has 0 saturated heterocycles. The minimum Gasteiger partial charge on any atom is -0.480 e. The quantitative estimate of drug-likeness (QED) is 0.442. The van der Waals surface area contributed by atoms with Crippen LogP contribution in [0, 0.1) is 11.8 Å². The van der Waals surface area contributed by atoms with Gasteiger partial charge in [-0.05, 0) is 31.2 Å². The predicted molar refractivity (Wildman–Crippen MR) is 74.6 cm³/mol. The molecule has 0 saturated carbocycles. The molecule has 0 aliphatic rings. The zero-order valence-electron chi connectivity index (χ0n) is 12.1. The smallest absolute Gasteiger partial charge is 0.326 e. The second-order valence-corrected chi connectivity index (χ2v) is 5.40. The molecule has 0 bridgehead atoms. The summed E-state index contributed by atoms with van der Waals surface area (Å²) in [5.41, 5.74) is 10.6. The molecule has 7 heteroatoms. The Bertz CT molecular complexity index is 345. The van der Waals surface area contributed by atoms with Crippen molar-refractivity contribution in [2.75, 3.05) is 6.54 Å². The molecule has 2 atom stereocenters. The molecule has 116 valence electrons. The molecule has 6 N–H and O–H groups in total. The molecule has 0 aliphatic heterocycles. The van der Waals surface area contributed by atoms with Crippen molar-refractivity contribution in [2.45, 2.75) is 45.6 Å². The predicted octanol–water partition coefficient (Wildman–Crippen LogP) is -0.168. The highest BCUT2D eigenvalue weighted by Crippen LogP contribution is 2.14. The highest BCUT2D eigenvalue weighted by molar-refractivity contribution is 5.84. The van der Waals surface area contributed by atoms with E-state index in [1.807, 2.05) is 13.8 Å². The second-order valence-electron chi connectivity index (χ2n) is 5.40. The molecule has 0 fully saturated rings.